The van der Waals surface area contributed by atoms with E-state index in [1.54, 1.807) is 48.5 Å². The van der Waals surface area contributed by atoms with E-state index in [1.165, 1.54) is 6.07 Å². The molecule has 0 aliphatic carbocycles. The molecule has 0 saturated carbocycles. The smallest absolute Gasteiger partial charge is 0.294 e. The summed E-state index contributed by atoms with van der Waals surface area (Å²) in [6.45, 7) is 5.38. The Balaban J connectivity index is 1.47. The van der Waals surface area contributed by atoms with Gasteiger partial charge in [-0.2, -0.15) is 0 Å². The molecule has 8 heteroatoms. The lowest BCUT2D eigenvalue weighted by molar-refractivity contribution is -0.127. The minimum Gasteiger partial charge on any atom is -0.488 e. The Morgan fingerprint density at radius 3 is 2.42 bits per heavy atom. The van der Waals surface area contributed by atoms with E-state index in [9.17, 15) is 18.8 Å². The van der Waals surface area contributed by atoms with E-state index in [4.69, 9.17) is 4.74 Å². The minimum atomic E-state index is -0.554. The number of amides is 3. The number of imide groups is 1. The monoisotopic (exact) mass is 504 g/mol. The Morgan fingerprint density at radius 2 is 1.69 bits per heavy atom. The summed E-state index contributed by atoms with van der Waals surface area (Å²) in [6, 6.07) is 17.2. The van der Waals surface area contributed by atoms with Crippen molar-refractivity contribution >= 4 is 40.6 Å². The van der Waals surface area contributed by atoms with Gasteiger partial charge in [0.05, 0.1) is 4.91 Å². The maximum Gasteiger partial charge on any atom is 0.294 e. The van der Waals surface area contributed by atoms with E-state index in [1.807, 2.05) is 32.9 Å². The van der Waals surface area contributed by atoms with Crippen LogP contribution in [0.5, 0.6) is 5.75 Å². The first-order valence-corrected chi connectivity index (χ1v) is 12.1. The van der Waals surface area contributed by atoms with Crippen LogP contribution in [0.15, 0.2) is 65.6 Å². The highest BCUT2D eigenvalue weighted by Gasteiger charge is 2.36. The molecule has 1 fully saturated rings. The van der Waals surface area contributed by atoms with Gasteiger partial charge in [0.15, 0.2) is 0 Å². The van der Waals surface area contributed by atoms with E-state index in [-0.39, 0.29) is 23.9 Å². The van der Waals surface area contributed by atoms with E-state index < -0.39 is 17.1 Å². The number of nitrogens with one attached hydrogen (secondary N) is 1. The predicted molar refractivity (Wildman–Crippen MR) is 139 cm³/mol. The number of thioether (sulfide) groups is 1. The van der Waals surface area contributed by atoms with Crippen molar-refractivity contribution in [3.63, 3.8) is 0 Å². The predicted octanol–water partition coefficient (Wildman–Crippen LogP) is 6.00. The van der Waals surface area contributed by atoms with Crippen LogP contribution in [0.1, 0.15) is 27.8 Å². The molecule has 3 aromatic carbocycles. The fourth-order valence-corrected chi connectivity index (χ4v) is 4.81. The van der Waals surface area contributed by atoms with Crippen molar-refractivity contribution in [2.75, 3.05) is 11.9 Å². The summed E-state index contributed by atoms with van der Waals surface area (Å²) in [6.07, 6.45) is 1.55. The molecule has 1 saturated heterocycles. The summed E-state index contributed by atoms with van der Waals surface area (Å²) in [4.78, 5) is 39.3. The number of carbonyl (C=O) groups is 3. The lowest BCUT2D eigenvalue weighted by atomic mass is 10.1. The van der Waals surface area contributed by atoms with Crippen molar-refractivity contribution in [1.29, 1.82) is 0 Å². The first-order valence-electron chi connectivity index (χ1n) is 11.3. The molecule has 0 unspecified atom stereocenters. The maximum atomic E-state index is 13.9. The average molecular weight is 505 g/mol. The number of rotatable bonds is 7. The Bertz CT molecular complexity index is 1360. The molecule has 1 N–H and O–H groups in total. The number of carbonyl (C=O) groups excluding carboxylic acids is 3. The molecule has 4 rings (SSSR count). The average Bonchev–Trinajstić information content (AvgIpc) is 3.09. The molecule has 0 aromatic heterocycles. The minimum absolute atomic E-state index is 0.0109. The van der Waals surface area contributed by atoms with Crippen LogP contribution in [0.3, 0.4) is 0 Å². The van der Waals surface area contributed by atoms with Crippen LogP contribution in [0, 0.1) is 26.6 Å². The van der Waals surface area contributed by atoms with Crippen LogP contribution < -0.4 is 10.1 Å². The number of nitrogens with zero attached hydrogens (tertiary/aromatic N) is 1. The molecule has 1 aliphatic heterocycles. The molecule has 0 bridgehead atoms. The van der Waals surface area contributed by atoms with Gasteiger partial charge in [-0.15, -0.1) is 0 Å². The van der Waals surface area contributed by atoms with Crippen molar-refractivity contribution in [3.05, 3.63) is 99.2 Å². The Hall–Kier alpha value is -3.91. The van der Waals surface area contributed by atoms with Gasteiger partial charge in [0.1, 0.15) is 24.7 Å². The highest BCUT2D eigenvalue weighted by Crippen LogP contribution is 2.34. The molecule has 184 valence electrons. The summed E-state index contributed by atoms with van der Waals surface area (Å²) in [7, 11) is 0. The quantitative estimate of drug-likeness (QED) is 0.399. The number of hydrogen-bond donors (Lipinski definition) is 1. The Labute approximate surface area is 213 Å². The third kappa shape index (κ3) is 5.66. The van der Waals surface area contributed by atoms with Gasteiger partial charge in [-0.25, -0.2) is 4.39 Å². The van der Waals surface area contributed by atoms with Crippen LogP contribution in [0.2, 0.25) is 0 Å². The molecule has 36 heavy (non-hydrogen) atoms. The Kier molecular flexibility index (Phi) is 7.55. The number of ether oxygens (including phenoxy) is 1. The van der Waals surface area contributed by atoms with Gasteiger partial charge >= 0.3 is 0 Å². The van der Waals surface area contributed by atoms with Crippen molar-refractivity contribution in [1.82, 2.24) is 4.90 Å². The molecule has 3 amide bonds. The van der Waals surface area contributed by atoms with Crippen LogP contribution in [0.25, 0.3) is 6.08 Å². The topological polar surface area (TPSA) is 75.7 Å². The molecule has 3 aromatic rings. The van der Waals surface area contributed by atoms with Crippen LogP contribution >= 0.6 is 11.8 Å². The zero-order chi connectivity index (χ0) is 25.8. The first-order chi connectivity index (χ1) is 17.2. The molecule has 1 aliphatic rings. The van der Waals surface area contributed by atoms with E-state index in [2.05, 4.69) is 5.32 Å². The number of anilines is 1. The lowest BCUT2D eigenvalue weighted by Gasteiger charge is -2.16. The second kappa shape index (κ2) is 10.8. The van der Waals surface area contributed by atoms with Gasteiger partial charge < -0.3 is 10.1 Å². The fraction of sp³-hybridized carbons (Fsp3) is 0.179. The van der Waals surface area contributed by atoms with Crippen LogP contribution in [-0.4, -0.2) is 28.5 Å². The van der Waals surface area contributed by atoms with Crippen molar-refractivity contribution in [3.8, 4) is 5.75 Å². The molecular weight excluding hydrogens is 479 g/mol. The number of para-hydroxylation sites is 1. The molecule has 0 spiro atoms. The largest absolute Gasteiger partial charge is 0.488 e. The molecular formula is C28H25FN2O4S. The second-order valence-corrected chi connectivity index (χ2v) is 9.50. The number of benzene rings is 3. The normalized spacial score (nSPS) is 14.4. The summed E-state index contributed by atoms with van der Waals surface area (Å²) >= 11 is 0.762. The summed E-state index contributed by atoms with van der Waals surface area (Å²) in [5.74, 6) is -0.940. The summed E-state index contributed by atoms with van der Waals surface area (Å²) in [5, 5.41) is 2.30. The van der Waals surface area contributed by atoms with Crippen LogP contribution in [0.4, 0.5) is 14.9 Å². The van der Waals surface area contributed by atoms with Crippen molar-refractivity contribution in [2.24, 2.45) is 0 Å². The van der Waals surface area contributed by atoms with Gasteiger partial charge in [0.25, 0.3) is 11.1 Å². The van der Waals surface area contributed by atoms with Gasteiger partial charge in [-0.1, -0.05) is 54.1 Å². The van der Waals surface area contributed by atoms with Gasteiger partial charge in [0.2, 0.25) is 5.91 Å². The van der Waals surface area contributed by atoms with Gasteiger partial charge in [0, 0.05) is 16.8 Å². The summed E-state index contributed by atoms with van der Waals surface area (Å²) in [5.41, 5.74) is 4.53. The molecule has 0 radical (unpaired) electrons. The van der Waals surface area contributed by atoms with E-state index >= 15 is 0 Å². The zero-order valence-corrected chi connectivity index (χ0v) is 20.9. The third-order valence-electron chi connectivity index (χ3n) is 5.66. The number of aryl methyl sites for hydroxylation is 3. The third-order valence-corrected chi connectivity index (χ3v) is 6.57. The standard InChI is InChI=1S/C28H25FN2O4S/c1-17-12-18(2)26(19(3)13-17)30-25(32)15-31-27(33)24(36-28(31)34)14-20-8-5-7-11-23(20)35-16-21-9-4-6-10-22(21)29/h4-14H,15-16H2,1-3H3,(H,30,32)/b24-14+. The summed E-state index contributed by atoms with van der Waals surface area (Å²) < 4.78 is 19.7. The number of halogens is 1. The fourth-order valence-electron chi connectivity index (χ4n) is 3.98. The van der Waals surface area contributed by atoms with Crippen molar-refractivity contribution in [2.45, 2.75) is 27.4 Å². The highest BCUT2D eigenvalue weighted by atomic mass is 32.2. The van der Waals surface area contributed by atoms with Gasteiger partial charge in [-0.3, -0.25) is 19.3 Å². The van der Waals surface area contributed by atoms with Crippen molar-refractivity contribution < 1.29 is 23.5 Å². The van der Waals surface area contributed by atoms with E-state index in [0.717, 1.165) is 33.4 Å². The SMILES string of the molecule is Cc1cc(C)c(NC(=O)CN2C(=O)S/C(=C/c3ccccc3OCc3ccccc3F)C2=O)c(C)c1. The maximum absolute atomic E-state index is 13.9. The van der Waals surface area contributed by atoms with Gasteiger partial charge in [-0.05, 0) is 61.9 Å². The zero-order valence-electron chi connectivity index (χ0n) is 20.1. The highest BCUT2D eigenvalue weighted by molar-refractivity contribution is 8.18. The molecule has 1 heterocycles. The second-order valence-electron chi connectivity index (χ2n) is 8.51. The Morgan fingerprint density at radius 1 is 1.03 bits per heavy atom. The first kappa shape index (κ1) is 25.2. The lowest BCUT2D eigenvalue weighted by Crippen LogP contribution is -2.36. The molecule has 0 atom stereocenters. The van der Waals surface area contributed by atoms with E-state index in [0.29, 0.717) is 22.6 Å². The molecule has 6 nitrogen and oxygen atoms in total. The van der Waals surface area contributed by atoms with Crippen LogP contribution in [-0.2, 0) is 16.2 Å². The number of hydrogen-bond acceptors (Lipinski definition) is 5.